The molecule has 1 N–H and O–H groups in total. The van der Waals surface area contributed by atoms with Gasteiger partial charge in [0.05, 0.1) is 37.8 Å². The van der Waals surface area contributed by atoms with Crippen molar-refractivity contribution in [1.82, 2.24) is 0 Å². The highest BCUT2D eigenvalue weighted by Crippen LogP contribution is 2.37. The Morgan fingerprint density at radius 1 is 0.925 bits per heavy atom. The maximum atomic E-state index is 13.9. The van der Waals surface area contributed by atoms with Crippen LogP contribution >= 0.6 is 0 Å². The lowest BCUT2D eigenvalue weighted by Gasteiger charge is -2.31. The van der Waals surface area contributed by atoms with E-state index in [0.29, 0.717) is 22.1 Å². The lowest BCUT2D eigenvalue weighted by atomic mass is 10.0. The van der Waals surface area contributed by atoms with Crippen LogP contribution in [0.15, 0.2) is 65.6 Å². The zero-order chi connectivity index (χ0) is 29.4. The molecule has 0 saturated carbocycles. The third-order valence-electron chi connectivity index (χ3n) is 6.20. The number of nitrogens with zero attached hydrogens (tertiary/aromatic N) is 2. The van der Waals surface area contributed by atoms with Gasteiger partial charge in [0, 0.05) is 35.1 Å². The van der Waals surface area contributed by atoms with Crippen molar-refractivity contribution < 1.29 is 32.3 Å². The van der Waals surface area contributed by atoms with Crippen molar-refractivity contribution in [3.05, 3.63) is 60.7 Å². The Bertz CT molecular complexity index is 1550. The number of hydrogen-bond donors (Lipinski definition) is 1. The summed E-state index contributed by atoms with van der Waals surface area (Å²) < 4.78 is 38.4. The first-order valence-corrected chi connectivity index (χ1v) is 13.7. The van der Waals surface area contributed by atoms with E-state index in [1.807, 2.05) is 17.9 Å². The van der Waals surface area contributed by atoms with Crippen LogP contribution in [-0.2, 0) is 33.9 Å². The van der Waals surface area contributed by atoms with Crippen molar-refractivity contribution >= 4 is 55.7 Å². The number of nitrogens with one attached hydrogen (secondary N) is 1. The molecule has 0 radical (unpaired) electrons. The Labute approximate surface area is 233 Å². The Kier molecular flexibility index (Phi) is 9.74. The van der Waals surface area contributed by atoms with E-state index >= 15 is 0 Å². The van der Waals surface area contributed by atoms with Gasteiger partial charge in [-0.05, 0) is 43.3 Å². The Morgan fingerprint density at radius 3 is 2.05 bits per heavy atom. The highest BCUT2D eigenvalue weighted by molar-refractivity contribution is 7.92. The quantitative estimate of drug-likeness (QED) is 0.277. The lowest BCUT2D eigenvalue weighted by Crippen LogP contribution is -2.37. The van der Waals surface area contributed by atoms with Gasteiger partial charge in [0.15, 0.2) is 0 Å². The molecule has 1 amide bonds. The number of carbonyl (C=O) groups excluding carboxylic acids is 3. The smallest absolute Gasteiger partial charge is 0.326 e. The predicted octanol–water partition coefficient (Wildman–Crippen LogP) is 3.56. The summed E-state index contributed by atoms with van der Waals surface area (Å²) in [6.07, 6.45) is 5.74. The fourth-order valence-electron chi connectivity index (χ4n) is 4.27. The van der Waals surface area contributed by atoms with E-state index in [9.17, 15) is 22.8 Å². The van der Waals surface area contributed by atoms with Gasteiger partial charge in [-0.2, -0.15) is 0 Å². The minimum atomic E-state index is -4.26. The van der Waals surface area contributed by atoms with Crippen molar-refractivity contribution in [2.45, 2.75) is 31.2 Å². The highest BCUT2D eigenvalue weighted by atomic mass is 32.2. The lowest BCUT2D eigenvalue weighted by molar-refractivity contribution is -0.141. The zero-order valence-corrected chi connectivity index (χ0v) is 23.5. The average molecular weight is 566 g/mol. The van der Waals surface area contributed by atoms with Crippen LogP contribution in [0.1, 0.15) is 20.3 Å². The number of esters is 2. The summed E-state index contributed by atoms with van der Waals surface area (Å²) in [7, 11) is -1.77. The molecule has 210 valence electrons. The molecule has 0 spiro atoms. The molecule has 1 atom stereocenters. The van der Waals surface area contributed by atoms with E-state index in [-0.39, 0.29) is 35.5 Å². The number of fused-ring (bicyclic) bond motifs is 1. The second kappa shape index (κ2) is 13.0. The minimum Gasteiger partial charge on any atom is -0.469 e. The molecule has 3 aromatic carbocycles. The number of sulfonamides is 1. The zero-order valence-electron chi connectivity index (χ0n) is 22.7. The van der Waals surface area contributed by atoms with Crippen LogP contribution < -0.4 is 14.5 Å². The van der Waals surface area contributed by atoms with Crippen LogP contribution in [0.4, 0.5) is 17.1 Å². The first kappa shape index (κ1) is 30.0. The van der Waals surface area contributed by atoms with Gasteiger partial charge < -0.3 is 19.7 Å². The average Bonchev–Trinajstić information content (AvgIpc) is 2.94. The van der Waals surface area contributed by atoms with Crippen LogP contribution in [0.3, 0.4) is 0 Å². The molecule has 0 bridgehead atoms. The maximum absolute atomic E-state index is 13.9. The van der Waals surface area contributed by atoms with Crippen molar-refractivity contribution in [3.8, 4) is 12.3 Å². The summed E-state index contributed by atoms with van der Waals surface area (Å²) in [5.41, 5.74) is 1.36. The van der Waals surface area contributed by atoms with E-state index in [0.717, 1.165) is 4.31 Å². The van der Waals surface area contributed by atoms with Gasteiger partial charge in [-0.15, -0.1) is 6.42 Å². The molecule has 0 aliphatic carbocycles. The van der Waals surface area contributed by atoms with Gasteiger partial charge in [-0.25, -0.2) is 8.42 Å². The van der Waals surface area contributed by atoms with Crippen LogP contribution in [-0.4, -0.2) is 59.6 Å². The second-order valence-electron chi connectivity index (χ2n) is 8.90. The predicted molar refractivity (Wildman–Crippen MR) is 154 cm³/mol. The van der Waals surface area contributed by atoms with Gasteiger partial charge in [-0.1, -0.05) is 30.2 Å². The molecule has 0 saturated heterocycles. The molecule has 11 heteroatoms. The number of terminal acetylenes is 1. The summed E-state index contributed by atoms with van der Waals surface area (Å²) in [6, 6.07) is 15.7. The molecule has 0 aromatic heterocycles. The van der Waals surface area contributed by atoms with Crippen molar-refractivity contribution in [3.63, 3.8) is 0 Å². The normalized spacial score (nSPS) is 11.7. The van der Waals surface area contributed by atoms with Crippen molar-refractivity contribution in [2.75, 3.05) is 41.8 Å². The molecule has 0 fully saturated rings. The third-order valence-corrected chi connectivity index (χ3v) is 7.98. The second-order valence-corrected chi connectivity index (χ2v) is 10.8. The minimum absolute atomic E-state index is 0.0840. The summed E-state index contributed by atoms with van der Waals surface area (Å²) in [4.78, 5) is 37.5. The van der Waals surface area contributed by atoms with Gasteiger partial charge >= 0.3 is 11.9 Å². The third kappa shape index (κ3) is 6.71. The molecular weight excluding hydrogens is 534 g/mol. The summed E-state index contributed by atoms with van der Waals surface area (Å²) in [5, 5.41) is 3.79. The SMILES string of the molecule is C#CCN(c1ccc(N(CC(=O)OC)S(=O)(=O)c2ccc(NC(C)=O)cc2)c2ccccc12)[C@@H](C)CC(=O)OC. The molecule has 3 rings (SSSR count). The molecule has 10 nitrogen and oxygen atoms in total. The summed E-state index contributed by atoms with van der Waals surface area (Å²) in [6.45, 7) is 2.79. The molecule has 0 unspecified atom stereocenters. The maximum Gasteiger partial charge on any atom is 0.326 e. The van der Waals surface area contributed by atoms with Crippen LogP contribution in [0.2, 0.25) is 0 Å². The van der Waals surface area contributed by atoms with E-state index in [1.165, 1.54) is 45.4 Å². The molecule has 3 aromatic rings. The standard InChI is InChI=1S/C29H31N3O7S/c1-6-17-31(20(2)18-28(34)38-4)26-15-16-27(25-10-8-7-9-24(25)26)32(19-29(35)39-5)40(36,37)23-13-11-22(12-14-23)30-21(3)33/h1,7-16,20H,17-19H2,2-5H3,(H,30,33)/t20-/m0/s1. The van der Waals surface area contributed by atoms with Crippen LogP contribution in [0.5, 0.6) is 0 Å². The largest absolute Gasteiger partial charge is 0.469 e. The van der Waals surface area contributed by atoms with Crippen molar-refractivity contribution in [1.29, 1.82) is 0 Å². The Balaban J connectivity index is 2.18. The van der Waals surface area contributed by atoms with Crippen LogP contribution in [0.25, 0.3) is 10.8 Å². The van der Waals surface area contributed by atoms with Gasteiger partial charge in [-0.3, -0.25) is 18.7 Å². The summed E-state index contributed by atoms with van der Waals surface area (Å²) >= 11 is 0. The first-order valence-electron chi connectivity index (χ1n) is 12.3. The molecule has 0 aliphatic rings. The fraction of sp³-hybridized carbons (Fsp3) is 0.276. The number of carbonyl (C=O) groups is 3. The molecule has 0 heterocycles. The number of methoxy groups -OCH3 is 2. The Hall–Kier alpha value is -4.56. The number of rotatable bonds is 11. The summed E-state index contributed by atoms with van der Waals surface area (Å²) in [5.74, 6) is 1.17. The molecule has 0 aliphatic heterocycles. The number of ether oxygens (including phenoxy) is 2. The van der Waals surface area contributed by atoms with Gasteiger partial charge in [0.2, 0.25) is 5.91 Å². The number of benzene rings is 3. The fourth-order valence-corrected chi connectivity index (χ4v) is 5.70. The Morgan fingerprint density at radius 2 is 1.50 bits per heavy atom. The van der Waals surface area contributed by atoms with Crippen molar-refractivity contribution in [2.24, 2.45) is 0 Å². The van der Waals surface area contributed by atoms with Crippen LogP contribution in [0, 0.1) is 12.3 Å². The number of hydrogen-bond acceptors (Lipinski definition) is 8. The van der Waals surface area contributed by atoms with E-state index in [4.69, 9.17) is 15.9 Å². The number of anilines is 3. The first-order chi connectivity index (χ1) is 19.0. The molecular formula is C29H31N3O7S. The number of amides is 1. The monoisotopic (exact) mass is 565 g/mol. The van der Waals surface area contributed by atoms with Gasteiger partial charge in [0.25, 0.3) is 10.0 Å². The topological polar surface area (TPSA) is 122 Å². The highest BCUT2D eigenvalue weighted by Gasteiger charge is 2.30. The van der Waals surface area contributed by atoms with E-state index in [2.05, 4.69) is 11.2 Å². The van der Waals surface area contributed by atoms with E-state index < -0.39 is 28.5 Å². The molecule has 40 heavy (non-hydrogen) atoms. The van der Waals surface area contributed by atoms with E-state index in [1.54, 1.807) is 30.3 Å². The van der Waals surface area contributed by atoms with Gasteiger partial charge in [0.1, 0.15) is 6.54 Å².